The van der Waals surface area contributed by atoms with E-state index >= 15 is 0 Å². The highest BCUT2D eigenvalue weighted by molar-refractivity contribution is 7.97. The molecule has 0 aliphatic heterocycles. The Kier molecular flexibility index (Phi) is 8.70. The number of alkyl halides is 9. The third kappa shape index (κ3) is 5.92. The van der Waals surface area contributed by atoms with Gasteiger partial charge in [-0.1, -0.05) is 36.4 Å². The normalized spacial score (nSPS) is 13.2. The molecule has 0 fully saturated rings. The minimum atomic E-state index is -6.89. The van der Waals surface area contributed by atoms with Crippen molar-refractivity contribution in [3.05, 3.63) is 83.9 Å². The summed E-state index contributed by atoms with van der Waals surface area (Å²) < 4.78 is 123. The van der Waals surface area contributed by atoms with Crippen LogP contribution in [-0.2, 0) is 10.9 Å². The van der Waals surface area contributed by atoms with Crippen LogP contribution in [0.1, 0.15) is 24.0 Å². The summed E-state index contributed by atoms with van der Waals surface area (Å²) in [5, 5.41) is 0. The van der Waals surface area contributed by atoms with E-state index in [9.17, 15) is 39.5 Å². The quantitative estimate of drug-likeness (QED) is 0.135. The largest absolute Gasteiger partial charge is 0.493 e. The predicted octanol–water partition coefficient (Wildman–Crippen LogP) is 9.03. The summed E-state index contributed by atoms with van der Waals surface area (Å²) in [7, 11) is -0.490. The van der Waals surface area contributed by atoms with Crippen LogP contribution >= 0.6 is 0 Å². The maximum Gasteiger partial charge on any atom is 0.460 e. The van der Waals surface area contributed by atoms with Crippen molar-refractivity contribution in [2.45, 2.75) is 65.3 Å². The molecular formula is C27H24F9OS+. The van der Waals surface area contributed by atoms with Gasteiger partial charge in [-0.05, 0) is 55.7 Å². The van der Waals surface area contributed by atoms with Gasteiger partial charge in [-0.25, -0.2) is 0 Å². The average molecular weight is 568 g/mol. The van der Waals surface area contributed by atoms with Gasteiger partial charge in [0, 0.05) is 18.6 Å². The highest BCUT2D eigenvalue weighted by Gasteiger charge is 2.81. The molecule has 0 bridgehead atoms. The molecule has 3 aromatic rings. The first kappa shape index (κ1) is 29.7. The molecule has 0 N–H and O–H groups in total. The Labute approximate surface area is 217 Å². The zero-order chi connectivity index (χ0) is 28.4. The van der Waals surface area contributed by atoms with Crippen LogP contribution < -0.4 is 4.74 Å². The Balaban J connectivity index is 1.76. The summed E-state index contributed by atoms with van der Waals surface area (Å²) in [6.45, 7) is 2.82. The van der Waals surface area contributed by atoms with Crippen molar-refractivity contribution in [2.75, 3.05) is 6.61 Å². The van der Waals surface area contributed by atoms with E-state index in [-0.39, 0.29) is 5.75 Å². The molecule has 0 heterocycles. The zero-order valence-corrected chi connectivity index (χ0v) is 21.1. The molecule has 0 saturated carbocycles. The third-order valence-corrected chi connectivity index (χ3v) is 7.91. The molecule has 0 amide bonds. The van der Waals surface area contributed by atoms with E-state index in [4.69, 9.17) is 4.74 Å². The van der Waals surface area contributed by atoms with Gasteiger partial charge in [0.1, 0.15) is 5.75 Å². The van der Waals surface area contributed by atoms with Crippen LogP contribution in [0.4, 0.5) is 39.5 Å². The fourth-order valence-electron chi connectivity index (χ4n) is 3.81. The lowest BCUT2D eigenvalue weighted by molar-refractivity contribution is -0.396. The second kappa shape index (κ2) is 11.1. The van der Waals surface area contributed by atoms with Gasteiger partial charge in [-0.3, -0.25) is 0 Å². The van der Waals surface area contributed by atoms with E-state index in [1.54, 1.807) is 13.8 Å². The molecule has 0 spiro atoms. The smallest absolute Gasteiger partial charge is 0.460 e. The molecule has 1 nitrogen and oxygen atoms in total. The lowest BCUT2D eigenvalue weighted by Crippen LogP contribution is -2.60. The van der Waals surface area contributed by atoms with Crippen LogP contribution in [0.3, 0.4) is 0 Å². The van der Waals surface area contributed by atoms with E-state index in [0.29, 0.717) is 11.1 Å². The number of halogens is 9. The van der Waals surface area contributed by atoms with Crippen molar-refractivity contribution >= 4 is 10.9 Å². The topological polar surface area (TPSA) is 9.23 Å². The molecule has 11 heteroatoms. The van der Waals surface area contributed by atoms with Crippen LogP contribution in [0, 0.1) is 13.8 Å². The van der Waals surface area contributed by atoms with Gasteiger partial charge in [-0.15, -0.1) is 0 Å². The van der Waals surface area contributed by atoms with Crippen LogP contribution in [-0.4, -0.2) is 30.6 Å². The number of hydrogen-bond acceptors (Lipinski definition) is 1. The molecule has 0 aliphatic carbocycles. The van der Waals surface area contributed by atoms with Crippen molar-refractivity contribution in [1.29, 1.82) is 0 Å². The summed E-state index contributed by atoms with van der Waals surface area (Å²) in [5.74, 6) is -18.8. The second-order valence-electron chi connectivity index (χ2n) is 8.62. The van der Waals surface area contributed by atoms with Crippen molar-refractivity contribution in [2.24, 2.45) is 0 Å². The molecule has 0 aromatic heterocycles. The van der Waals surface area contributed by atoms with Crippen molar-refractivity contribution in [3.8, 4) is 5.75 Å². The van der Waals surface area contributed by atoms with Crippen molar-refractivity contribution < 1.29 is 44.3 Å². The monoisotopic (exact) mass is 567 g/mol. The third-order valence-electron chi connectivity index (χ3n) is 5.72. The Morgan fingerprint density at radius 2 is 1.08 bits per heavy atom. The molecule has 0 saturated heterocycles. The fourth-order valence-corrected chi connectivity index (χ4v) is 6.07. The van der Waals surface area contributed by atoms with Gasteiger partial charge < -0.3 is 4.74 Å². The van der Waals surface area contributed by atoms with E-state index in [1.165, 1.54) is 0 Å². The van der Waals surface area contributed by atoms with Gasteiger partial charge in [-0.2, -0.15) is 39.5 Å². The van der Waals surface area contributed by atoms with Gasteiger partial charge in [0.15, 0.2) is 14.7 Å². The zero-order valence-electron chi connectivity index (χ0n) is 20.3. The highest BCUT2D eigenvalue weighted by atomic mass is 32.2. The standard InChI is InChI=1S/C27H24F9OS/c1-18-16-22(38(20-10-5-3-6-11-20)21-12-7-4-8-13-21)17-19(2)23(18)37-15-9-14-24(28,29)25(30,31)26(32,33)27(34,35)36/h3-8,10-13,16-17H,9,14-15H2,1-2H3/q+1. The molecule has 0 unspecified atom stereocenters. The number of aryl methyl sites for hydroxylation is 2. The number of rotatable bonds is 10. The maximum atomic E-state index is 13.8. The average Bonchev–Trinajstić information content (AvgIpc) is 2.83. The Bertz CT molecular complexity index is 1150. The Morgan fingerprint density at radius 3 is 1.50 bits per heavy atom. The van der Waals surface area contributed by atoms with Gasteiger partial charge in [0.05, 0.1) is 17.5 Å². The van der Waals surface area contributed by atoms with Crippen LogP contribution in [0.25, 0.3) is 0 Å². The fraction of sp³-hybridized carbons (Fsp3) is 0.333. The van der Waals surface area contributed by atoms with Gasteiger partial charge >= 0.3 is 23.9 Å². The molecule has 3 aromatic carbocycles. The van der Waals surface area contributed by atoms with Gasteiger partial charge in [0.2, 0.25) is 0 Å². The molecule has 38 heavy (non-hydrogen) atoms. The minimum Gasteiger partial charge on any atom is -0.493 e. The molecule has 0 aliphatic rings. The second-order valence-corrected chi connectivity index (χ2v) is 10.6. The minimum absolute atomic E-state index is 0.286. The summed E-state index contributed by atoms with van der Waals surface area (Å²) >= 11 is 0. The number of ether oxygens (including phenoxy) is 1. The van der Waals surface area contributed by atoms with Crippen molar-refractivity contribution in [1.82, 2.24) is 0 Å². The predicted molar refractivity (Wildman–Crippen MR) is 127 cm³/mol. The number of hydrogen-bond donors (Lipinski definition) is 0. The van der Waals surface area contributed by atoms with E-state index < -0.39 is 54.3 Å². The molecule has 0 atom stereocenters. The molecular weight excluding hydrogens is 543 g/mol. The van der Waals surface area contributed by atoms with Gasteiger partial charge in [0.25, 0.3) is 0 Å². The lowest BCUT2D eigenvalue weighted by atomic mass is 10.00. The Morgan fingerprint density at radius 1 is 0.632 bits per heavy atom. The first-order valence-corrected chi connectivity index (χ1v) is 12.6. The summed E-state index contributed by atoms with van der Waals surface area (Å²) in [5.41, 5.74) is 1.23. The summed E-state index contributed by atoms with van der Waals surface area (Å²) in [6.07, 6.45) is -9.63. The van der Waals surface area contributed by atoms with E-state index in [2.05, 4.69) is 0 Å². The SMILES string of the molecule is Cc1cc([S+](c2ccccc2)c2ccccc2)cc(C)c1OCCCC(F)(F)C(F)(F)C(F)(F)C(F)(F)F. The van der Waals surface area contributed by atoms with Crippen LogP contribution in [0.15, 0.2) is 87.5 Å². The molecule has 0 radical (unpaired) electrons. The van der Waals surface area contributed by atoms with Crippen LogP contribution in [0.5, 0.6) is 5.75 Å². The van der Waals surface area contributed by atoms with E-state index in [0.717, 1.165) is 14.7 Å². The van der Waals surface area contributed by atoms with Crippen LogP contribution in [0.2, 0.25) is 0 Å². The maximum absolute atomic E-state index is 13.8. The summed E-state index contributed by atoms with van der Waals surface area (Å²) in [4.78, 5) is 3.03. The Hall–Kier alpha value is -2.82. The first-order valence-electron chi connectivity index (χ1n) is 11.4. The lowest BCUT2D eigenvalue weighted by Gasteiger charge is -2.33. The molecule has 206 valence electrons. The summed E-state index contributed by atoms with van der Waals surface area (Å²) in [6, 6.07) is 23.1. The van der Waals surface area contributed by atoms with E-state index in [1.807, 2.05) is 72.8 Å². The van der Waals surface area contributed by atoms with Crippen molar-refractivity contribution in [3.63, 3.8) is 0 Å². The first-order chi connectivity index (χ1) is 17.6. The number of benzene rings is 3. The molecule has 3 rings (SSSR count). The highest BCUT2D eigenvalue weighted by Crippen LogP contribution is 2.54.